The molecular formula is C12H21N3. The molecule has 15 heavy (non-hydrogen) atoms. The first-order valence-electron chi connectivity index (χ1n) is 5.73. The summed E-state index contributed by atoms with van der Waals surface area (Å²) in [5.41, 5.74) is 3.03. The van der Waals surface area contributed by atoms with Crippen LogP contribution >= 0.6 is 0 Å². The van der Waals surface area contributed by atoms with Crippen molar-refractivity contribution in [3.05, 3.63) is 17.5 Å². The molecule has 1 saturated heterocycles. The molecule has 84 valence electrons. The Morgan fingerprint density at radius 3 is 2.73 bits per heavy atom. The van der Waals surface area contributed by atoms with Crippen LogP contribution in [0.15, 0.2) is 6.20 Å². The van der Waals surface area contributed by atoms with Crippen molar-refractivity contribution < 1.29 is 0 Å². The van der Waals surface area contributed by atoms with Crippen LogP contribution in [-0.2, 0) is 12.5 Å². The highest BCUT2D eigenvalue weighted by molar-refractivity contribution is 5.29. The van der Waals surface area contributed by atoms with Gasteiger partial charge in [-0.2, -0.15) is 5.10 Å². The van der Waals surface area contributed by atoms with E-state index in [9.17, 15) is 0 Å². The van der Waals surface area contributed by atoms with Gasteiger partial charge in [-0.3, -0.25) is 4.68 Å². The van der Waals surface area contributed by atoms with Gasteiger partial charge in [0.1, 0.15) is 0 Å². The zero-order valence-electron chi connectivity index (χ0n) is 10.2. The molecule has 2 rings (SSSR count). The van der Waals surface area contributed by atoms with Crippen LogP contribution in [0.2, 0.25) is 0 Å². The Balaban J connectivity index is 2.39. The molecule has 1 fully saturated rings. The van der Waals surface area contributed by atoms with Crippen LogP contribution in [0.4, 0.5) is 0 Å². The number of nitrogens with one attached hydrogen (secondary N) is 1. The predicted octanol–water partition coefficient (Wildman–Crippen LogP) is 1.79. The van der Waals surface area contributed by atoms with E-state index in [-0.39, 0.29) is 5.41 Å². The summed E-state index contributed by atoms with van der Waals surface area (Å²) in [6.07, 6.45) is 3.27. The molecule has 1 aliphatic heterocycles. The summed E-state index contributed by atoms with van der Waals surface area (Å²) in [4.78, 5) is 0. The van der Waals surface area contributed by atoms with Gasteiger partial charge in [0, 0.05) is 25.2 Å². The fourth-order valence-electron chi connectivity index (χ4n) is 2.40. The Morgan fingerprint density at radius 1 is 1.47 bits per heavy atom. The first kappa shape index (κ1) is 10.7. The summed E-state index contributed by atoms with van der Waals surface area (Å²) >= 11 is 0. The van der Waals surface area contributed by atoms with E-state index in [2.05, 4.69) is 42.9 Å². The van der Waals surface area contributed by atoms with Crippen LogP contribution in [0.25, 0.3) is 0 Å². The second kappa shape index (κ2) is 3.63. The predicted molar refractivity (Wildman–Crippen MR) is 62.1 cm³/mol. The largest absolute Gasteiger partial charge is 0.316 e. The van der Waals surface area contributed by atoms with Crippen molar-refractivity contribution in [3.8, 4) is 0 Å². The Bertz CT molecular complexity index is 340. The van der Waals surface area contributed by atoms with Gasteiger partial charge >= 0.3 is 0 Å². The summed E-state index contributed by atoms with van der Waals surface area (Å²) < 4.78 is 2.05. The summed E-state index contributed by atoms with van der Waals surface area (Å²) in [6.45, 7) is 9.02. The maximum absolute atomic E-state index is 4.42. The van der Waals surface area contributed by atoms with E-state index in [1.807, 2.05) is 6.20 Å². The molecule has 0 bridgehead atoms. The van der Waals surface area contributed by atoms with Crippen molar-refractivity contribution in [1.29, 1.82) is 0 Å². The van der Waals surface area contributed by atoms with E-state index in [0.717, 1.165) is 13.1 Å². The lowest BCUT2D eigenvalue weighted by Gasteiger charge is -2.22. The lowest BCUT2D eigenvalue weighted by Crippen LogP contribution is -2.18. The molecule has 0 radical (unpaired) electrons. The summed E-state index contributed by atoms with van der Waals surface area (Å²) in [5.74, 6) is 0.645. The molecule has 0 saturated carbocycles. The molecule has 1 unspecified atom stereocenters. The van der Waals surface area contributed by atoms with E-state index in [0.29, 0.717) is 5.92 Å². The molecule has 3 heteroatoms. The van der Waals surface area contributed by atoms with Gasteiger partial charge in [0.25, 0.3) is 0 Å². The van der Waals surface area contributed by atoms with Gasteiger partial charge in [-0.25, -0.2) is 0 Å². The monoisotopic (exact) mass is 207 g/mol. The van der Waals surface area contributed by atoms with Gasteiger partial charge in [0.2, 0.25) is 0 Å². The third kappa shape index (κ3) is 1.93. The maximum atomic E-state index is 4.42. The standard InChI is InChI=1S/C12H21N3/c1-12(2,3)10-8-14-15(4)11(10)9-5-6-13-7-9/h8-9,13H,5-7H2,1-4H3. The first-order valence-corrected chi connectivity index (χ1v) is 5.73. The number of hydrogen-bond acceptors (Lipinski definition) is 2. The van der Waals surface area contributed by atoms with Crippen LogP contribution in [0.3, 0.4) is 0 Å². The molecule has 1 N–H and O–H groups in total. The highest BCUT2D eigenvalue weighted by Crippen LogP contribution is 2.32. The van der Waals surface area contributed by atoms with Crippen LogP contribution in [-0.4, -0.2) is 22.9 Å². The van der Waals surface area contributed by atoms with Crippen molar-refractivity contribution >= 4 is 0 Å². The molecule has 3 nitrogen and oxygen atoms in total. The summed E-state index contributed by atoms with van der Waals surface area (Å²) in [5, 5.41) is 7.84. The molecule has 1 aliphatic rings. The molecule has 1 aromatic rings. The lowest BCUT2D eigenvalue weighted by molar-refractivity contribution is 0.558. The van der Waals surface area contributed by atoms with Crippen LogP contribution < -0.4 is 5.32 Å². The van der Waals surface area contributed by atoms with Gasteiger partial charge in [0.15, 0.2) is 0 Å². The van der Waals surface area contributed by atoms with Crippen LogP contribution in [0.5, 0.6) is 0 Å². The first-order chi connectivity index (χ1) is 7.00. The normalized spacial score (nSPS) is 22.3. The zero-order chi connectivity index (χ0) is 11.1. The average Bonchev–Trinajstić information content (AvgIpc) is 2.69. The van der Waals surface area contributed by atoms with E-state index in [1.165, 1.54) is 17.7 Å². The Labute approximate surface area is 91.9 Å². The van der Waals surface area contributed by atoms with E-state index in [4.69, 9.17) is 0 Å². The van der Waals surface area contributed by atoms with Crippen molar-refractivity contribution in [3.63, 3.8) is 0 Å². The van der Waals surface area contributed by atoms with Crippen molar-refractivity contribution in [1.82, 2.24) is 15.1 Å². The van der Waals surface area contributed by atoms with E-state index >= 15 is 0 Å². The van der Waals surface area contributed by atoms with Crippen molar-refractivity contribution in [2.24, 2.45) is 7.05 Å². The van der Waals surface area contributed by atoms with Crippen molar-refractivity contribution in [2.75, 3.05) is 13.1 Å². The lowest BCUT2D eigenvalue weighted by atomic mass is 9.84. The average molecular weight is 207 g/mol. The highest BCUT2D eigenvalue weighted by atomic mass is 15.3. The minimum atomic E-state index is 0.201. The number of aromatic nitrogens is 2. The number of nitrogens with zero attached hydrogens (tertiary/aromatic N) is 2. The quantitative estimate of drug-likeness (QED) is 0.761. The smallest absolute Gasteiger partial charge is 0.0530 e. The van der Waals surface area contributed by atoms with Gasteiger partial charge in [-0.1, -0.05) is 20.8 Å². The van der Waals surface area contributed by atoms with Crippen LogP contribution in [0, 0.1) is 0 Å². The molecule has 1 aromatic heterocycles. The molecule has 1 atom stereocenters. The Morgan fingerprint density at radius 2 is 2.20 bits per heavy atom. The van der Waals surface area contributed by atoms with Crippen LogP contribution in [0.1, 0.15) is 44.4 Å². The summed E-state index contributed by atoms with van der Waals surface area (Å²) in [7, 11) is 2.06. The van der Waals surface area contributed by atoms with E-state index < -0.39 is 0 Å². The third-order valence-electron chi connectivity index (χ3n) is 3.24. The Kier molecular flexibility index (Phi) is 2.59. The topological polar surface area (TPSA) is 29.9 Å². The number of rotatable bonds is 1. The zero-order valence-corrected chi connectivity index (χ0v) is 10.2. The van der Waals surface area contributed by atoms with E-state index in [1.54, 1.807) is 0 Å². The van der Waals surface area contributed by atoms with Crippen molar-refractivity contribution in [2.45, 2.75) is 38.5 Å². The minimum absolute atomic E-state index is 0.201. The second-order valence-corrected chi connectivity index (χ2v) is 5.51. The van der Waals surface area contributed by atoms with Gasteiger partial charge in [-0.15, -0.1) is 0 Å². The summed E-state index contributed by atoms with van der Waals surface area (Å²) in [6, 6.07) is 0. The molecular weight excluding hydrogens is 186 g/mol. The molecule has 0 aromatic carbocycles. The maximum Gasteiger partial charge on any atom is 0.0530 e. The Hall–Kier alpha value is -0.830. The van der Waals surface area contributed by atoms with Gasteiger partial charge in [-0.05, 0) is 23.9 Å². The molecule has 0 amide bonds. The fraction of sp³-hybridized carbons (Fsp3) is 0.750. The molecule has 0 aliphatic carbocycles. The molecule has 0 spiro atoms. The van der Waals surface area contributed by atoms with Gasteiger partial charge in [0.05, 0.1) is 6.20 Å². The number of hydrogen-bond donors (Lipinski definition) is 1. The minimum Gasteiger partial charge on any atom is -0.316 e. The van der Waals surface area contributed by atoms with Gasteiger partial charge < -0.3 is 5.32 Å². The third-order valence-corrected chi connectivity index (χ3v) is 3.24. The second-order valence-electron chi connectivity index (χ2n) is 5.51. The SMILES string of the molecule is Cn1ncc(C(C)(C)C)c1C1CCNC1. The highest BCUT2D eigenvalue weighted by Gasteiger charge is 2.28. The number of aryl methyl sites for hydroxylation is 1. The molecule has 2 heterocycles. The fourth-order valence-corrected chi connectivity index (χ4v) is 2.40.